The minimum absolute atomic E-state index is 0.166. The number of hydrogen-bond acceptors (Lipinski definition) is 5. The number of nitrogens with zero attached hydrogens (tertiary/aromatic N) is 2. The molecule has 2 heterocycles. The quantitative estimate of drug-likeness (QED) is 0.797. The minimum Gasteiger partial charge on any atom is -0.460 e. The van der Waals surface area contributed by atoms with E-state index in [1.807, 2.05) is 6.07 Å². The van der Waals surface area contributed by atoms with Crippen LogP contribution in [0.15, 0.2) is 34.9 Å². The number of carbonyl (C=O) groups is 1. The third kappa shape index (κ3) is 3.33. The van der Waals surface area contributed by atoms with Crippen molar-refractivity contribution in [2.75, 3.05) is 6.61 Å². The van der Waals surface area contributed by atoms with Crippen molar-refractivity contribution in [1.82, 2.24) is 4.98 Å². The molecule has 0 bridgehead atoms. The lowest BCUT2D eigenvalue weighted by Gasteiger charge is -1.96. The number of carbonyl (C=O) groups excluding carboxylic acids is 1. The van der Waals surface area contributed by atoms with Crippen molar-refractivity contribution in [3.8, 4) is 6.07 Å². The molecule has 2 aromatic heterocycles. The van der Waals surface area contributed by atoms with Crippen molar-refractivity contribution in [3.63, 3.8) is 0 Å². The number of hydrogen-bond donors (Lipinski definition) is 0. The lowest BCUT2D eigenvalue weighted by Crippen LogP contribution is -2.02. The van der Waals surface area contributed by atoms with Crippen LogP contribution in [0.4, 0.5) is 0 Å². The zero-order valence-electron chi connectivity index (χ0n) is 10.9. The van der Waals surface area contributed by atoms with Gasteiger partial charge in [-0.1, -0.05) is 0 Å². The van der Waals surface area contributed by atoms with Gasteiger partial charge in [0.05, 0.1) is 17.9 Å². The number of nitriles is 1. The average Bonchev–Trinajstić information content (AvgIpc) is 2.95. The van der Waals surface area contributed by atoms with Gasteiger partial charge >= 0.3 is 5.97 Å². The Hall–Kier alpha value is -2.87. The van der Waals surface area contributed by atoms with Crippen LogP contribution in [0.25, 0.3) is 12.2 Å². The van der Waals surface area contributed by atoms with Crippen molar-refractivity contribution in [3.05, 3.63) is 53.2 Å². The van der Waals surface area contributed by atoms with E-state index in [1.54, 1.807) is 43.3 Å². The monoisotopic (exact) mass is 268 g/mol. The van der Waals surface area contributed by atoms with E-state index in [-0.39, 0.29) is 5.76 Å². The van der Waals surface area contributed by atoms with Crippen molar-refractivity contribution in [1.29, 1.82) is 5.26 Å². The van der Waals surface area contributed by atoms with E-state index in [4.69, 9.17) is 14.4 Å². The first-order chi connectivity index (χ1) is 9.72. The highest BCUT2D eigenvalue weighted by Gasteiger charge is 2.10. The molecule has 0 spiro atoms. The summed E-state index contributed by atoms with van der Waals surface area (Å²) in [5.41, 5.74) is 1.20. The largest absolute Gasteiger partial charge is 0.460 e. The van der Waals surface area contributed by atoms with Gasteiger partial charge in [0, 0.05) is 6.20 Å². The van der Waals surface area contributed by atoms with Crippen molar-refractivity contribution < 1.29 is 13.9 Å². The van der Waals surface area contributed by atoms with E-state index in [0.29, 0.717) is 23.6 Å². The Morgan fingerprint density at radius 3 is 2.90 bits per heavy atom. The van der Waals surface area contributed by atoms with Gasteiger partial charge in [-0.15, -0.1) is 0 Å². The second-order valence-corrected chi connectivity index (χ2v) is 3.84. The van der Waals surface area contributed by atoms with Crippen LogP contribution in [-0.4, -0.2) is 17.6 Å². The standard InChI is InChI=1S/C15H12N2O3/c1-2-19-15(18)14-8-7-13(20-14)6-5-12-4-3-11(9-16)10-17-12/h3-8,10H,2H2,1H3. The summed E-state index contributed by atoms with van der Waals surface area (Å²) in [6.45, 7) is 2.04. The Bertz CT molecular complexity index is 663. The van der Waals surface area contributed by atoms with E-state index in [0.717, 1.165) is 0 Å². The van der Waals surface area contributed by atoms with E-state index in [9.17, 15) is 4.79 Å². The molecule has 20 heavy (non-hydrogen) atoms. The van der Waals surface area contributed by atoms with Gasteiger partial charge in [0.2, 0.25) is 5.76 Å². The Kier molecular flexibility index (Phi) is 4.30. The maximum Gasteiger partial charge on any atom is 0.374 e. The van der Waals surface area contributed by atoms with E-state index in [1.165, 1.54) is 6.20 Å². The summed E-state index contributed by atoms with van der Waals surface area (Å²) in [7, 11) is 0. The normalized spacial score (nSPS) is 10.4. The minimum atomic E-state index is -0.483. The van der Waals surface area contributed by atoms with Crippen molar-refractivity contribution in [2.24, 2.45) is 0 Å². The van der Waals surface area contributed by atoms with Crippen LogP contribution in [0, 0.1) is 11.3 Å². The molecule has 2 rings (SSSR count). The zero-order valence-corrected chi connectivity index (χ0v) is 10.9. The molecule has 0 amide bonds. The van der Waals surface area contributed by atoms with Gasteiger partial charge in [0.25, 0.3) is 0 Å². The van der Waals surface area contributed by atoms with Crippen molar-refractivity contribution >= 4 is 18.1 Å². The smallest absolute Gasteiger partial charge is 0.374 e. The molecule has 0 fully saturated rings. The van der Waals surface area contributed by atoms with E-state index in [2.05, 4.69) is 4.98 Å². The Balaban J connectivity index is 2.07. The van der Waals surface area contributed by atoms with Crippen LogP contribution >= 0.6 is 0 Å². The first kappa shape index (κ1) is 13.6. The first-order valence-electron chi connectivity index (χ1n) is 6.04. The van der Waals surface area contributed by atoms with Crippen LogP contribution in [-0.2, 0) is 4.74 Å². The summed E-state index contributed by atoms with van der Waals surface area (Å²) >= 11 is 0. The lowest BCUT2D eigenvalue weighted by atomic mass is 10.2. The number of aromatic nitrogens is 1. The summed E-state index contributed by atoms with van der Waals surface area (Å²) in [5, 5.41) is 8.67. The average molecular weight is 268 g/mol. The predicted molar refractivity (Wildman–Crippen MR) is 72.5 cm³/mol. The third-order valence-corrected chi connectivity index (χ3v) is 2.44. The SMILES string of the molecule is CCOC(=O)c1ccc(C=Cc2ccc(C#N)cn2)o1. The molecule has 0 atom stereocenters. The number of esters is 1. The molecule has 0 aliphatic heterocycles. The van der Waals surface area contributed by atoms with Gasteiger partial charge in [-0.3, -0.25) is 4.98 Å². The van der Waals surface area contributed by atoms with E-state index < -0.39 is 5.97 Å². The third-order valence-electron chi connectivity index (χ3n) is 2.44. The number of rotatable bonds is 4. The van der Waals surface area contributed by atoms with Gasteiger partial charge in [-0.2, -0.15) is 5.26 Å². The number of furan rings is 1. The molecule has 0 aliphatic rings. The fourth-order valence-electron chi connectivity index (χ4n) is 1.49. The molecular formula is C15H12N2O3. The molecule has 100 valence electrons. The molecule has 5 heteroatoms. The van der Waals surface area contributed by atoms with Crippen LogP contribution in [0.5, 0.6) is 0 Å². The predicted octanol–water partition coefficient (Wildman–Crippen LogP) is 2.89. The van der Waals surface area contributed by atoms with E-state index >= 15 is 0 Å². The summed E-state index contributed by atoms with van der Waals surface area (Å²) in [6, 6.07) is 8.64. The first-order valence-corrected chi connectivity index (χ1v) is 6.04. The van der Waals surface area contributed by atoms with Crippen LogP contribution in [0.1, 0.15) is 34.5 Å². The van der Waals surface area contributed by atoms with Gasteiger partial charge in [-0.25, -0.2) is 4.79 Å². The maximum absolute atomic E-state index is 11.4. The molecular weight excluding hydrogens is 256 g/mol. The summed E-state index contributed by atoms with van der Waals surface area (Å²) in [5.74, 6) is 0.210. The number of pyridine rings is 1. The Morgan fingerprint density at radius 2 is 2.25 bits per heavy atom. The molecule has 5 nitrogen and oxygen atoms in total. The summed E-state index contributed by atoms with van der Waals surface area (Å²) < 4.78 is 10.2. The fourth-order valence-corrected chi connectivity index (χ4v) is 1.49. The molecule has 0 aliphatic carbocycles. The number of ether oxygens (including phenoxy) is 1. The summed E-state index contributed by atoms with van der Waals surface area (Å²) in [4.78, 5) is 15.5. The molecule has 0 radical (unpaired) electrons. The molecule has 0 unspecified atom stereocenters. The van der Waals surface area contributed by atoms with Gasteiger partial charge in [-0.05, 0) is 43.3 Å². The molecule has 0 saturated carbocycles. The zero-order chi connectivity index (χ0) is 14.4. The van der Waals surface area contributed by atoms with Gasteiger partial charge in [0.1, 0.15) is 11.8 Å². The molecule has 0 saturated heterocycles. The fraction of sp³-hybridized carbons (Fsp3) is 0.133. The Morgan fingerprint density at radius 1 is 1.40 bits per heavy atom. The van der Waals surface area contributed by atoms with Gasteiger partial charge in [0.15, 0.2) is 0 Å². The summed E-state index contributed by atoms with van der Waals surface area (Å²) in [6.07, 6.45) is 4.91. The maximum atomic E-state index is 11.4. The highest BCUT2D eigenvalue weighted by atomic mass is 16.5. The highest BCUT2D eigenvalue weighted by Crippen LogP contribution is 2.12. The van der Waals surface area contributed by atoms with Crippen LogP contribution < -0.4 is 0 Å². The molecule has 0 N–H and O–H groups in total. The second kappa shape index (κ2) is 6.34. The highest BCUT2D eigenvalue weighted by molar-refractivity contribution is 5.86. The lowest BCUT2D eigenvalue weighted by molar-refractivity contribution is 0.0489. The molecule has 0 aromatic carbocycles. The van der Waals surface area contributed by atoms with Crippen LogP contribution in [0.2, 0.25) is 0 Å². The van der Waals surface area contributed by atoms with Crippen LogP contribution in [0.3, 0.4) is 0 Å². The Labute approximate surface area is 116 Å². The van der Waals surface area contributed by atoms with Crippen molar-refractivity contribution in [2.45, 2.75) is 6.92 Å². The van der Waals surface area contributed by atoms with Gasteiger partial charge < -0.3 is 9.15 Å². The molecule has 2 aromatic rings. The second-order valence-electron chi connectivity index (χ2n) is 3.84. The topological polar surface area (TPSA) is 76.1 Å².